The molecule has 0 spiro atoms. The number of nitrogens with one attached hydrogen (secondary N) is 2. The van der Waals surface area contributed by atoms with Crippen LogP contribution in [-0.4, -0.2) is 25.2 Å². The number of benzene rings is 1. The molecule has 120 valence electrons. The van der Waals surface area contributed by atoms with Gasteiger partial charge >= 0.3 is 0 Å². The summed E-state index contributed by atoms with van der Waals surface area (Å²) in [5.74, 6) is 1.81. The molecule has 4 nitrogen and oxygen atoms in total. The van der Waals surface area contributed by atoms with Crippen molar-refractivity contribution in [1.82, 2.24) is 10.6 Å². The van der Waals surface area contributed by atoms with Crippen LogP contribution in [0.3, 0.4) is 0 Å². The first kappa shape index (κ1) is 16.4. The normalized spacial score (nSPS) is 15.1. The topological polar surface area (TPSA) is 45.6 Å². The first-order valence-corrected chi connectivity index (χ1v) is 8.23. The molecule has 0 atom stereocenters. The van der Waals surface area contributed by atoms with Gasteiger partial charge in [0.1, 0.15) is 5.75 Å². The molecule has 0 heterocycles. The summed E-state index contributed by atoms with van der Waals surface area (Å²) in [5.41, 5.74) is 1.16. The molecule has 4 heteroatoms. The third-order valence-electron chi connectivity index (χ3n) is 3.48. The van der Waals surface area contributed by atoms with Crippen LogP contribution in [0.1, 0.15) is 38.7 Å². The molecule has 2 N–H and O–H groups in total. The van der Waals surface area contributed by atoms with Crippen LogP contribution in [-0.2, 0) is 6.54 Å². The largest absolute Gasteiger partial charge is 0.494 e. The zero-order chi connectivity index (χ0) is 15.6. The smallest absolute Gasteiger partial charge is 0.191 e. The van der Waals surface area contributed by atoms with Crippen LogP contribution in [0.25, 0.3) is 0 Å². The van der Waals surface area contributed by atoms with Crippen molar-refractivity contribution in [2.24, 2.45) is 4.99 Å². The van der Waals surface area contributed by atoms with Gasteiger partial charge in [0.15, 0.2) is 5.96 Å². The van der Waals surface area contributed by atoms with Gasteiger partial charge in [-0.3, -0.25) is 0 Å². The summed E-state index contributed by atoms with van der Waals surface area (Å²) in [6.07, 6.45) is 7.60. The van der Waals surface area contributed by atoms with Crippen LogP contribution in [0.5, 0.6) is 5.75 Å². The highest BCUT2D eigenvalue weighted by molar-refractivity contribution is 5.80. The molecule has 0 bridgehead atoms. The highest BCUT2D eigenvalue weighted by atomic mass is 16.5. The molecule has 1 aliphatic rings. The molecule has 2 rings (SSSR count). The molecular formula is C18H27N3O. The fourth-order valence-electron chi connectivity index (χ4n) is 2.37. The monoisotopic (exact) mass is 301 g/mol. The predicted octanol–water partition coefficient (Wildman–Crippen LogP) is 3.25. The minimum Gasteiger partial charge on any atom is -0.494 e. The van der Waals surface area contributed by atoms with E-state index >= 15 is 0 Å². The summed E-state index contributed by atoms with van der Waals surface area (Å²) in [5, 5.41) is 6.79. The van der Waals surface area contributed by atoms with Crippen molar-refractivity contribution < 1.29 is 4.74 Å². The van der Waals surface area contributed by atoms with E-state index in [1.54, 1.807) is 0 Å². The van der Waals surface area contributed by atoms with Gasteiger partial charge in [0.05, 0.1) is 13.2 Å². The number of guanidine groups is 1. The zero-order valence-corrected chi connectivity index (χ0v) is 13.6. The van der Waals surface area contributed by atoms with Gasteiger partial charge in [0, 0.05) is 12.6 Å². The molecule has 0 fully saturated rings. The van der Waals surface area contributed by atoms with Gasteiger partial charge in [0.2, 0.25) is 0 Å². The fraction of sp³-hybridized carbons (Fsp3) is 0.500. The lowest BCUT2D eigenvalue weighted by molar-refractivity contribution is 0.317. The summed E-state index contributed by atoms with van der Waals surface area (Å²) in [4.78, 5) is 4.68. The number of rotatable bonds is 7. The number of hydrogen-bond donors (Lipinski definition) is 2. The summed E-state index contributed by atoms with van der Waals surface area (Å²) in [6.45, 7) is 6.47. The third kappa shape index (κ3) is 5.43. The fourth-order valence-corrected chi connectivity index (χ4v) is 2.37. The van der Waals surface area contributed by atoms with Gasteiger partial charge in [-0.2, -0.15) is 0 Å². The first-order valence-electron chi connectivity index (χ1n) is 8.23. The molecule has 1 aromatic carbocycles. The highest BCUT2D eigenvalue weighted by Crippen LogP contribution is 2.14. The lowest BCUT2D eigenvalue weighted by Gasteiger charge is -2.16. The Morgan fingerprint density at radius 1 is 1.27 bits per heavy atom. The van der Waals surface area contributed by atoms with Crippen molar-refractivity contribution in [2.75, 3.05) is 13.2 Å². The highest BCUT2D eigenvalue weighted by Gasteiger charge is 2.11. The number of hydrogen-bond acceptors (Lipinski definition) is 2. The molecular weight excluding hydrogens is 274 g/mol. The first-order chi connectivity index (χ1) is 10.8. The second-order valence-electron chi connectivity index (χ2n) is 5.48. The van der Waals surface area contributed by atoms with E-state index < -0.39 is 0 Å². The van der Waals surface area contributed by atoms with Gasteiger partial charge in [-0.1, -0.05) is 31.2 Å². The Morgan fingerprint density at radius 3 is 2.82 bits per heavy atom. The minimum atomic E-state index is 0.469. The maximum absolute atomic E-state index is 5.67. The van der Waals surface area contributed by atoms with E-state index in [4.69, 9.17) is 4.74 Å². The van der Waals surface area contributed by atoms with Crippen molar-refractivity contribution in [2.45, 2.75) is 45.7 Å². The Bertz CT molecular complexity index is 503. The summed E-state index contributed by atoms with van der Waals surface area (Å²) >= 11 is 0. The number of aliphatic imine (C=N–C) groups is 1. The molecule has 0 radical (unpaired) electrons. The molecule has 0 aliphatic heterocycles. The Labute approximate surface area is 133 Å². The molecule has 22 heavy (non-hydrogen) atoms. The van der Waals surface area contributed by atoms with Gasteiger partial charge in [-0.05, 0) is 43.9 Å². The second kappa shape index (κ2) is 9.13. The van der Waals surface area contributed by atoms with Crippen molar-refractivity contribution >= 4 is 5.96 Å². The van der Waals surface area contributed by atoms with Crippen LogP contribution in [0.4, 0.5) is 0 Å². The van der Waals surface area contributed by atoms with E-state index in [1.165, 1.54) is 0 Å². The lowest BCUT2D eigenvalue weighted by atomic mass is 10.2. The molecule has 0 unspecified atom stereocenters. The zero-order valence-electron chi connectivity index (χ0n) is 13.6. The maximum atomic E-state index is 5.67. The van der Waals surface area contributed by atoms with Crippen LogP contribution in [0, 0.1) is 0 Å². The third-order valence-corrected chi connectivity index (χ3v) is 3.48. The average molecular weight is 301 g/mol. The van der Waals surface area contributed by atoms with E-state index in [0.29, 0.717) is 12.6 Å². The molecule has 1 aromatic rings. The van der Waals surface area contributed by atoms with Crippen molar-refractivity contribution in [1.29, 1.82) is 0 Å². The van der Waals surface area contributed by atoms with Gasteiger partial charge < -0.3 is 15.4 Å². The van der Waals surface area contributed by atoms with Gasteiger partial charge in [-0.25, -0.2) is 4.99 Å². The SMILES string of the molecule is CCCOc1cccc(CN=C(NCC)NC2CC=CC2)c1. The number of ether oxygens (including phenoxy) is 1. The minimum absolute atomic E-state index is 0.469. The predicted molar refractivity (Wildman–Crippen MR) is 92.3 cm³/mol. The average Bonchev–Trinajstić information content (AvgIpc) is 3.04. The quantitative estimate of drug-likeness (QED) is 0.462. The van der Waals surface area contributed by atoms with Crippen LogP contribution >= 0.6 is 0 Å². The molecule has 0 aromatic heterocycles. The van der Waals surface area contributed by atoms with Gasteiger partial charge in [-0.15, -0.1) is 0 Å². The Hall–Kier alpha value is -1.97. The summed E-state index contributed by atoms with van der Waals surface area (Å²) in [7, 11) is 0. The standard InChI is InChI=1S/C18H27N3O/c1-3-12-22-17-11-7-8-15(13-17)14-20-18(19-4-2)21-16-9-5-6-10-16/h5-8,11,13,16H,3-4,9-10,12,14H2,1-2H3,(H2,19,20,21). The lowest BCUT2D eigenvalue weighted by Crippen LogP contribution is -2.42. The molecule has 0 saturated carbocycles. The van der Waals surface area contributed by atoms with Crippen LogP contribution in [0.2, 0.25) is 0 Å². The van der Waals surface area contributed by atoms with E-state index in [1.807, 2.05) is 12.1 Å². The molecule has 0 amide bonds. The molecule has 0 saturated heterocycles. The van der Waals surface area contributed by atoms with Crippen molar-refractivity contribution in [3.05, 3.63) is 42.0 Å². The van der Waals surface area contributed by atoms with Crippen LogP contribution < -0.4 is 15.4 Å². The Balaban J connectivity index is 1.93. The van der Waals surface area contributed by atoms with Crippen molar-refractivity contribution in [3.63, 3.8) is 0 Å². The van der Waals surface area contributed by atoms with E-state index in [2.05, 4.69) is 53.8 Å². The van der Waals surface area contributed by atoms with E-state index in [9.17, 15) is 0 Å². The van der Waals surface area contributed by atoms with E-state index in [0.717, 1.165) is 49.7 Å². The second-order valence-corrected chi connectivity index (χ2v) is 5.48. The van der Waals surface area contributed by atoms with Crippen LogP contribution in [0.15, 0.2) is 41.4 Å². The number of nitrogens with zero attached hydrogens (tertiary/aromatic N) is 1. The summed E-state index contributed by atoms with van der Waals surface area (Å²) in [6, 6.07) is 8.65. The van der Waals surface area contributed by atoms with E-state index in [-0.39, 0.29) is 0 Å². The van der Waals surface area contributed by atoms with Crippen molar-refractivity contribution in [3.8, 4) is 5.75 Å². The van der Waals surface area contributed by atoms with Gasteiger partial charge in [0.25, 0.3) is 0 Å². The maximum Gasteiger partial charge on any atom is 0.191 e. The molecule has 1 aliphatic carbocycles. The Kier molecular flexibility index (Phi) is 6.81. The summed E-state index contributed by atoms with van der Waals surface area (Å²) < 4.78 is 5.67. The Morgan fingerprint density at radius 2 is 2.09 bits per heavy atom.